The number of fused-ring (bicyclic) bond motifs is 1. The molecule has 0 spiro atoms. The molecule has 1 unspecified atom stereocenters. The molecule has 2 aromatic carbocycles. The Hall–Kier alpha value is -2.44. The Bertz CT molecular complexity index is 896. The maximum absolute atomic E-state index is 13.4. The van der Waals surface area contributed by atoms with E-state index in [0.717, 1.165) is 12.1 Å². The summed E-state index contributed by atoms with van der Waals surface area (Å²) in [5.41, 5.74) is 0.835. The topological polar surface area (TPSA) is 131 Å². The van der Waals surface area contributed by atoms with E-state index in [2.05, 4.69) is 10.6 Å². The summed E-state index contributed by atoms with van der Waals surface area (Å²) in [5, 5.41) is 24.7. The molecule has 0 aliphatic carbocycles. The number of carboxylic acid groups (broad SMARTS) is 1. The van der Waals surface area contributed by atoms with Crippen LogP contribution in [-0.2, 0) is 6.42 Å². The van der Waals surface area contributed by atoms with Crippen molar-refractivity contribution in [2.75, 3.05) is 12.3 Å². The molecule has 1 aliphatic heterocycles. The number of carbonyl (C=O) groups is 1. The van der Waals surface area contributed by atoms with Gasteiger partial charge in [-0.05, 0) is 30.2 Å². The first-order valence-electron chi connectivity index (χ1n) is 9.03. The predicted octanol–water partition coefficient (Wildman–Crippen LogP) is 2.89. The standard InChI is InChI=1S/C19H22F2N2O6S/c20-12-5-11(6-13(21)8-12)7-15(23-19(25)26)17(24)9-22-16-10-30(27,28)29-18-4-2-1-3-14(16)18/h1-6,8,15-17,22-24,27-28H,7,9-10H2,(H,25,26)/t15-,16?,17-/m0/s1. The first kappa shape index (κ1) is 22.2. The molecule has 8 nitrogen and oxygen atoms in total. The summed E-state index contributed by atoms with van der Waals surface area (Å²) >= 11 is 0. The Morgan fingerprint density at radius 2 is 1.87 bits per heavy atom. The number of aliphatic hydroxyl groups excluding tert-OH is 1. The lowest BCUT2D eigenvalue weighted by atomic mass is 10.00. The molecule has 0 bridgehead atoms. The first-order chi connectivity index (χ1) is 14.1. The van der Waals surface area contributed by atoms with Crippen LogP contribution in [0.1, 0.15) is 17.2 Å². The molecule has 0 radical (unpaired) electrons. The van der Waals surface area contributed by atoms with Crippen molar-refractivity contribution in [3.8, 4) is 5.75 Å². The van der Waals surface area contributed by atoms with Crippen molar-refractivity contribution in [3.63, 3.8) is 0 Å². The van der Waals surface area contributed by atoms with E-state index in [1.165, 1.54) is 0 Å². The van der Waals surface area contributed by atoms with Crippen molar-refractivity contribution in [3.05, 3.63) is 65.2 Å². The third-order valence-electron chi connectivity index (χ3n) is 4.63. The number of rotatable bonds is 7. The molecule has 1 heterocycles. The molecular weight excluding hydrogens is 422 g/mol. The normalized spacial score (nSPS) is 20.4. The van der Waals surface area contributed by atoms with Crippen LogP contribution >= 0.6 is 10.9 Å². The van der Waals surface area contributed by atoms with Crippen LogP contribution in [0.25, 0.3) is 0 Å². The monoisotopic (exact) mass is 444 g/mol. The Kier molecular flexibility index (Phi) is 6.78. The molecule has 1 aliphatic rings. The number of aliphatic hydroxyl groups is 1. The smallest absolute Gasteiger partial charge is 0.404 e. The molecule has 11 heteroatoms. The molecule has 164 valence electrons. The van der Waals surface area contributed by atoms with Crippen LogP contribution in [0, 0.1) is 11.6 Å². The van der Waals surface area contributed by atoms with Crippen LogP contribution in [0.3, 0.4) is 0 Å². The van der Waals surface area contributed by atoms with E-state index in [1.54, 1.807) is 24.3 Å². The van der Waals surface area contributed by atoms with Crippen LogP contribution in [0.5, 0.6) is 5.75 Å². The summed E-state index contributed by atoms with van der Waals surface area (Å²) < 4.78 is 52.0. The summed E-state index contributed by atoms with van der Waals surface area (Å²) in [4.78, 5) is 11.1. The lowest BCUT2D eigenvalue weighted by Crippen LogP contribution is -2.49. The minimum absolute atomic E-state index is 0.128. The highest BCUT2D eigenvalue weighted by molar-refractivity contribution is 8.20. The van der Waals surface area contributed by atoms with E-state index in [-0.39, 0.29) is 24.3 Å². The molecule has 0 aromatic heterocycles. The van der Waals surface area contributed by atoms with Crippen molar-refractivity contribution in [2.24, 2.45) is 0 Å². The molecule has 2 aromatic rings. The van der Waals surface area contributed by atoms with Crippen molar-refractivity contribution in [1.82, 2.24) is 10.6 Å². The number of benzene rings is 2. The Labute approximate surface area is 173 Å². The van der Waals surface area contributed by atoms with Gasteiger partial charge >= 0.3 is 6.09 Å². The number of amides is 1. The fraction of sp³-hybridized carbons (Fsp3) is 0.316. The Morgan fingerprint density at radius 1 is 1.20 bits per heavy atom. The third kappa shape index (κ3) is 5.80. The minimum atomic E-state index is -3.33. The number of nitrogens with one attached hydrogen (secondary N) is 2. The number of hydrogen-bond acceptors (Lipinski definition) is 6. The lowest BCUT2D eigenvalue weighted by molar-refractivity contribution is 0.115. The molecule has 0 fully saturated rings. The van der Waals surface area contributed by atoms with E-state index < -0.39 is 46.8 Å². The number of para-hydroxylation sites is 1. The fourth-order valence-electron chi connectivity index (χ4n) is 3.33. The SMILES string of the molecule is O=C(O)N[C@@H](Cc1cc(F)cc(F)c1)[C@@H](O)CNC1CS(O)(O)Oc2ccccc21. The van der Waals surface area contributed by atoms with Gasteiger partial charge < -0.3 is 25.0 Å². The second kappa shape index (κ2) is 9.14. The quantitative estimate of drug-likeness (QED) is 0.387. The van der Waals surface area contributed by atoms with Gasteiger partial charge in [-0.2, -0.15) is 0 Å². The van der Waals surface area contributed by atoms with Crippen molar-refractivity contribution in [2.45, 2.75) is 24.6 Å². The Morgan fingerprint density at radius 3 is 2.53 bits per heavy atom. The summed E-state index contributed by atoms with van der Waals surface area (Å²) in [6.45, 7) is -0.128. The van der Waals surface area contributed by atoms with Crippen molar-refractivity contribution in [1.29, 1.82) is 0 Å². The summed E-state index contributed by atoms with van der Waals surface area (Å²) in [7, 11) is -3.33. The van der Waals surface area contributed by atoms with Gasteiger partial charge in [0.25, 0.3) is 0 Å². The molecular formula is C19H22F2N2O6S. The average molecular weight is 444 g/mol. The van der Waals surface area contributed by atoms with Gasteiger partial charge in [-0.25, -0.2) is 13.6 Å². The summed E-state index contributed by atoms with van der Waals surface area (Å²) in [6.07, 6.45) is -2.82. The number of hydrogen-bond donors (Lipinski definition) is 6. The van der Waals surface area contributed by atoms with Crippen molar-refractivity contribution < 1.29 is 37.1 Å². The van der Waals surface area contributed by atoms with Crippen LogP contribution in [0.15, 0.2) is 42.5 Å². The molecule has 3 atom stereocenters. The van der Waals surface area contributed by atoms with Gasteiger partial charge in [0.05, 0.1) is 23.9 Å². The predicted molar refractivity (Wildman–Crippen MR) is 107 cm³/mol. The fourth-order valence-corrected chi connectivity index (χ4v) is 4.57. The molecule has 6 N–H and O–H groups in total. The maximum Gasteiger partial charge on any atom is 0.404 e. The van der Waals surface area contributed by atoms with Gasteiger partial charge in [-0.3, -0.25) is 9.11 Å². The van der Waals surface area contributed by atoms with Gasteiger partial charge in [0, 0.05) is 18.2 Å². The average Bonchev–Trinajstić information content (AvgIpc) is 2.63. The largest absolute Gasteiger partial charge is 0.465 e. The molecule has 3 rings (SSSR count). The van der Waals surface area contributed by atoms with Gasteiger partial charge in [0.2, 0.25) is 0 Å². The highest BCUT2D eigenvalue weighted by Crippen LogP contribution is 2.50. The van der Waals surface area contributed by atoms with Crippen LogP contribution in [0.4, 0.5) is 13.6 Å². The van der Waals surface area contributed by atoms with Crippen molar-refractivity contribution >= 4 is 17.0 Å². The second-order valence-corrected chi connectivity index (χ2v) is 8.67. The zero-order valence-electron chi connectivity index (χ0n) is 15.7. The molecule has 0 saturated carbocycles. The third-order valence-corrected chi connectivity index (χ3v) is 5.84. The lowest BCUT2D eigenvalue weighted by Gasteiger charge is -2.38. The highest BCUT2D eigenvalue weighted by Gasteiger charge is 2.34. The Balaban J connectivity index is 1.71. The maximum atomic E-state index is 13.4. The zero-order chi connectivity index (χ0) is 21.9. The van der Waals surface area contributed by atoms with Gasteiger partial charge in [0.15, 0.2) is 0 Å². The molecule has 30 heavy (non-hydrogen) atoms. The first-order valence-corrected chi connectivity index (χ1v) is 10.7. The zero-order valence-corrected chi connectivity index (χ0v) is 16.5. The van der Waals surface area contributed by atoms with Gasteiger partial charge in [-0.1, -0.05) is 18.2 Å². The van der Waals surface area contributed by atoms with Gasteiger partial charge in [-0.15, -0.1) is 0 Å². The van der Waals surface area contributed by atoms with E-state index in [0.29, 0.717) is 17.4 Å². The van der Waals surface area contributed by atoms with E-state index in [1.807, 2.05) is 0 Å². The second-order valence-electron chi connectivity index (χ2n) is 6.96. The van der Waals surface area contributed by atoms with E-state index in [9.17, 15) is 27.8 Å². The van der Waals surface area contributed by atoms with Crippen LogP contribution in [-0.4, -0.2) is 49.9 Å². The minimum Gasteiger partial charge on any atom is -0.465 e. The van der Waals surface area contributed by atoms with Gasteiger partial charge in [0.1, 0.15) is 28.3 Å². The van der Waals surface area contributed by atoms with Crippen LogP contribution < -0.4 is 14.8 Å². The number of halogens is 2. The summed E-state index contributed by atoms with van der Waals surface area (Å²) in [5.74, 6) is -1.47. The molecule has 0 saturated heterocycles. The van der Waals surface area contributed by atoms with E-state index >= 15 is 0 Å². The summed E-state index contributed by atoms with van der Waals surface area (Å²) in [6, 6.07) is 7.93. The van der Waals surface area contributed by atoms with Crippen LogP contribution in [0.2, 0.25) is 0 Å². The van der Waals surface area contributed by atoms with E-state index in [4.69, 9.17) is 9.29 Å². The highest BCUT2D eigenvalue weighted by atomic mass is 32.3. The molecule has 1 amide bonds.